The Morgan fingerprint density at radius 2 is 1.77 bits per heavy atom. The maximum absolute atomic E-state index is 12.4. The molecule has 0 spiro atoms. The van der Waals surface area contributed by atoms with Gasteiger partial charge in [0.25, 0.3) is 0 Å². The summed E-state index contributed by atoms with van der Waals surface area (Å²) in [6.45, 7) is 1.34. The third kappa shape index (κ3) is 4.49. The van der Waals surface area contributed by atoms with Crippen LogP contribution >= 0.6 is 11.6 Å². The first kappa shape index (κ1) is 20.0. The molecule has 7 heteroatoms. The molecule has 0 fully saturated rings. The predicted octanol–water partition coefficient (Wildman–Crippen LogP) is 3.47. The lowest BCUT2D eigenvalue weighted by Gasteiger charge is -2.29. The maximum Gasteiger partial charge on any atom is 0.309 e. The number of hydrogen-bond acceptors (Lipinski definition) is 4. The van der Waals surface area contributed by atoms with Gasteiger partial charge in [0.1, 0.15) is 11.8 Å². The summed E-state index contributed by atoms with van der Waals surface area (Å²) in [6.07, 6.45) is 2.55. The minimum Gasteiger partial charge on any atom is -0.467 e. The van der Waals surface area contributed by atoms with E-state index in [4.69, 9.17) is 16.0 Å². The fourth-order valence-corrected chi connectivity index (χ4v) is 3.79. The molecule has 2 N–H and O–H groups in total. The minimum absolute atomic E-state index is 0.198. The molecule has 1 aromatic heterocycles. The van der Waals surface area contributed by atoms with Crippen LogP contribution in [0.3, 0.4) is 0 Å². The van der Waals surface area contributed by atoms with Crippen LogP contribution in [0.25, 0.3) is 0 Å². The van der Waals surface area contributed by atoms with Crippen molar-refractivity contribution in [1.82, 2.24) is 10.6 Å². The van der Waals surface area contributed by atoms with Crippen molar-refractivity contribution < 1.29 is 14.0 Å². The van der Waals surface area contributed by atoms with Crippen molar-refractivity contribution >= 4 is 29.1 Å². The molecule has 1 aliphatic rings. The highest BCUT2D eigenvalue weighted by atomic mass is 35.5. The van der Waals surface area contributed by atoms with E-state index in [0.29, 0.717) is 5.02 Å². The molecule has 2 amide bonds. The molecule has 154 valence electrons. The summed E-state index contributed by atoms with van der Waals surface area (Å²) in [4.78, 5) is 26.8. The van der Waals surface area contributed by atoms with Gasteiger partial charge in [-0.1, -0.05) is 41.9 Å². The summed E-state index contributed by atoms with van der Waals surface area (Å²) in [5.41, 5.74) is 3.25. The second-order valence-electron chi connectivity index (χ2n) is 7.12. The summed E-state index contributed by atoms with van der Waals surface area (Å²) in [6, 6.07) is 18.8. The van der Waals surface area contributed by atoms with Gasteiger partial charge in [-0.2, -0.15) is 0 Å². The van der Waals surface area contributed by atoms with Crippen LogP contribution in [-0.2, 0) is 22.6 Å². The van der Waals surface area contributed by atoms with Gasteiger partial charge < -0.3 is 20.0 Å². The number of halogens is 1. The average Bonchev–Trinajstić information content (AvgIpc) is 3.44. The number of nitrogens with zero attached hydrogens (tertiary/aromatic N) is 1. The van der Waals surface area contributed by atoms with E-state index in [0.717, 1.165) is 30.0 Å². The minimum atomic E-state index is -0.676. The van der Waals surface area contributed by atoms with E-state index in [-0.39, 0.29) is 19.1 Å². The smallest absolute Gasteiger partial charge is 0.309 e. The molecule has 1 unspecified atom stereocenters. The van der Waals surface area contributed by atoms with Gasteiger partial charge >= 0.3 is 11.8 Å². The zero-order valence-electron chi connectivity index (χ0n) is 16.3. The molecule has 6 nitrogen and oxygen atoms in total. The fourth-order valence-electron chi connectivity index (χ4n) is 3.67. The molecule has 1 aliphatic heterocycles. The van der Waals surface area contributed by atoms with Gasteiger partial charge in [-0.05, 0) is 47.9 Å². The lowest BCUT2D eigenvalue weighted by Crippen LogP contribution is -2.43. The van der Waals surface area contributed by atoms with Gasteiger partial charge in [0.2, 0.25) is 0 Å². The van der Waals surface area contributed by atoms with Crippen LogP contribution < -0.4 is 15.5 Å². The molecule has 4 rings (SSSR count). The third-order valence-corrected chi connectivity index (χ3v) is 5.45. The molecular weight excluding hydrogens is 402 g/mol. The number of rotatable bonds is 6. The quantitative estimate of drug-likeness (QED) is 0.595. The Balaban J connectivity index is 1.38. The Kier molecular flexibility index (Phi) is 6.05. The zero-order valence-corrected chi connectivity index (χ0v) is 17.1. The van der Waals surface area contributed by atoms with Crippen LogP contribution in [0.4, 0.5) is 5.69 Å². The SMILES string of the molecule is O=C(NCc1ccc(Cl)cc1)C(=O)NCC(c1ccco1)N1CCc2ccccc21. The van der Waals surface area contributed by atoms with E-state index in [9.17, 15) is 9.59 Å². The number of carbonyl (C=O) groups is 2. The van der Waals surface area contributed by atoms with Crippen LogP contribution in [0.2, 0.25) is 5.02 Å². The monoisotopic (exact) mass is 423 g/mol. The zero-order chi connectivity index (χ0) is 20.9. The van der Waals surface area contributed by atoms with E-state index in [2.05, 4.69) is 27.7 Å². The highest BCUT2D eigenvalue weighted by Gasteiger charge is 2.29. The van der Waals surface area contributed by atoms with Crippen LogP contribution in [0, 0.1) is 0 Å². The molecule has 0 saturated heterocycles. The normalized spacial score (nSPS) is 13.6. The summed E-state index contributed by atoms with van der Waals surface area (Å²) in [5.74, 6) is -0.605. The standard InChI is InChI=1S/C23H22ClN3O3/c24-18-9-7-16(8-10-18)14-25-22(28)23(29)26-15-20(21-6-3-13-30-21)27-12-11-17-4-1-2-5-19(17)27/h1-10,13,20H,11-12,14-15H2,(H,25,28)(H,26,29). The third-order valence-electron chi connectivity index (χ3n) is 5.20. The van der Waals surface area contributed by atoms with Crippen molar-refractivity contribution in [2.45, 2.75) is 19.0 Å². The first-order chi connectivity index (χ1) is 14.6. The molecule has 2 aromatic carbocycles. The number of benzene rings is 2. The highest BCUT2D eigenvalue weighted by Crippen LogP contribution is 2.34. The molecule has 1 atom stereocenters. The largest absolute Gasteiger partial charge is 0.467 e. The van der Waals surface area contributed by atoms with Gasteiger partial charge in [0.05, 0.1) is 6.26 Å². The Morgan fingerprint density at radius 3 is 2.53 bits per heavy atom. The van der Waals surface area contributed by atoms with E-state index in [1.807, 2.05) is 24.3 Å². The second-order valence-corrected chi connectivity index (χ2v) is 7.56. The van der Waals surface area contributed by atoms with Gasteiger partial charge in [-0.15, -0.1) is 0 Å². The molecule has 0 saturated carbocycles. The molecule has 0 radical (unpaired) electrons. The van der Waals surface area contributed by atoms with Crippen LogP contribution in [0.5, 0.6) is 0 Å². The average molecular weight is 424 g/mol. The van der Waals surface area contributed by atoms with Crippen LogP contribution in [-0.4, -0.2) is 24.9 Å². The Hall–Kier alpha value is -3.25. The van der Waals surface area contributed by atoms with Crippen molar-refractivity contribution in [2.75, 3.05) is 18.0 Å². The maximum atomic E-state index is 12.4. The molecule has 0 aliphatic carbocycles. The number of carbonyl (C=O) groups excluding carboxylic acids is 2. The summed E-state index contributed by atoms with van der Waals surface area (Å²) >= 11 is 5.86. The predicted molar refractivity (Wildman–Crippen MR) is 115 cm³/mol. The van der Waals surface area contributed by atoms with Crippen molar-refractivity contribution in [3.05, 3.63) is 88.8 Å². The van der Waals surface area contributed by atoms with E-state index in [1.165, 1.54) is 5.56 Å². The molecule has 3 aromatic rings. The number of fused-ring (bicyclic) bond motifs is 1. The Bertz CT molecular complexity index is 1020. The second kappa shape index (κ2) is 9.05. The lowest BCUT2D eigenvalue weighted by atomic mass is 10.1. The Labute approximate surface area is 179 Å². The molecule has 2 heterocycles. The van der Waals surface area contributed by atoms with Crippen molar-refractivity contribution in [2.24, 2.45) is 0 Å². The first-order valence-electron chi connectivity index (χ1n) is 9.80. The van der Waals surface area contributed by atoms with Crippen molar-refractivity contribution in [3.63, 3.8) is 0 Å². The molecular formula is C23H22ClN3O3. The summed E-state index contributed by atoms with van der Waals surface area (Å²) in [5, 5.41) is 6.00. The summed E-state index contributed by atoms with van der Waals surface area (Å²) in [7, 11) is 0. The summed E-state index contributed by atoms with van der Waals surface area (Å²) < 4.78 is 5.63. The van der Waals surface area contributed by atoms with E-state index >= 15 is 0 Å². The van der Waals surface area contributed by atoms with Crippen LogP contribution in [0.15, 0.2) is 71.3 Å². The number of hydrogen-bond donors (Lipinski definition) is 2. The number of amides is 2. The van der Waals surface area contributed by atoms with Crippen LogP contribution in [0.1, 0.15) is 22.9 Å². The van der Waals surface area contributed by atoms with Gasteiger partial charge in [0, 0.05) is 30.3 Å². The lowest BCUT2D eigenvalue weighted by molar-refractivity contribution is -0.139. The van der Waals surface area contributed by atoms with Gasteiger partial charge in [-0.3, -0.25) is 9.59 Å². The first-order valence-corrected chi connectivity index (χ1v) is 10.2. The topological polar surface area (TPSA) is 74.6 Å². The van der Waals surface area contributed by atoms with E-state index in [1.54, 1.807) is 30.5 Å². The molecule has 0 bridgehead atoms. The number of nitrogens with one attached hydrogen (secondary N) is 2. The van der Waals surface area contributed by atoms with E-state index < -0.39 is 11.8 Å². The van der Waals surface area contributed by atoms with Gasteiger partial charge in [0.15, 0.2) is 0 Å². The fraction of sp³-hybridized carbons (Fsp3) is 0.217. The highest BCUT2D eigenvalue weighted by molar-refractivity contribution is 6.35. The van der Waals surface area contributed by atoms with Crippen molar-refractivity contribution in [1.29, 1.82) is 0 Å². The number of anilines is 1. The number of furan rings is 1. The van der Waals surface area contributed by atoms with Gasteiger partial charge in [-0.25, -0.2) is 0 Å². The molecule has 30 heavy (non-hydrogen) atoms. The Morgan fingerprint density at radius 1 is 1.00 bits per heavy atom. The van der Waals surface area contributed by atoms with Crippen molar-refractivity contribution in [3.8, 4) is 0 Å². The number of para-hydroxylation sites is 1.